The Hall–Kier alpha value is -2.03. The second-order valence-corrected chi connectivity index (χ2v) is 7.05. The van der Waals surface area contributed by atoms with E-state index in [9.17, 15) is 22.8 Å². The maximum Gasteiger partial charge on any atom is 0.412 e. The molecule has 2 fully saturated rings. The molecule has 1 aliphatic heterocycles. The number of likely N-dealkylation sites (tertiary alicyclic amines) is 1. The number of nitrogens with one attached hydrogen (secondary N) is 1. The van der Waals surface area contributed by atoms with Gasteiger partial charge in [0, 0.05) is 18.3 Å². The lowest BCUT2D eigenvalue weighted by atomic mass is 10.0. The van der Waals surface area contributed by atoms with E-state index in [-0.39, 0.29) is 30.1 Å². The summed E-state index contributed by atoms with van der Waals surface area (Å²) in [5.74, 6) is -0.771. The van der Waals surface area contributed by atoms with Crippen molar-refractivity contribution in [3.05, 3.63) is 28.2 Å². The molecule has 1 aromatic heterocycles. The molecule has 1 saturated heterocycles. The molecule has 0 radical (unpaired) electrons. The number of rotatable bonds is 4. The van der Waals surface area contributed by atoms with Gasteiger partial charge in [-0.25, -0.2) is 4.79 Å². The third-order valence-electron chi connectivity index (χ3n) is 5.25. The summed E-state index contributed by atoms with van der Waals surface area (Å²) in [6.07, 6.45) is -2.27. The number of esters is 1. The second-order valence-electron chi connectivity index (χ2n) is 7.05. The highest BCUT2D eigenvalue weighted by Crippen LogP contribution is 2.54. The van der Waals surface area contributed by atoms with E-state index in [2.05, 4.69) is 10.2 Å². The summed E-state index contributed by atoms with van der Waals surface area (Å²) >= 11 is 0. The molecule has 1 aliphatic carbocycles. The molecule has 1 N–H and O–H groups in total. The minimum Gasteiger partial charge on any atom is -0.465 e. The number of alkyl halides is 3. The van der Waals surface area contributed by atoms with Crippen LogP contribution in [0.1, 0.15) is 36.0 Å². The smallest absolute Gasteiger partial charge is 0.412 e. The number of aromatic nitrogens is 1. The van der Waals surface area contributed by atoms with Gasteiger partial charge in [0.25, 0.3) is 5.56 Å². The van der Waals surface area contributed by atoms with Crippen molar-refractivity contribution in [2.75, 3.05) is 32.6 Å². The van der Waals surface area contributed by atoms with Gasteiger partial charge in [0.05, 0.1) is 18.4 Å². The number of methoxy groups -OCH3 is 1. The van der Waals surface area contributed by atoms with Gasteiger partial charge >= 0.3 is 12.1 Å². The first kappa shape index (κ1) is 18.8. The summed E-state index contributed by atoms with van der Waals surface area (Å²) in [6, 6.07) is 1.12. The van der Waals surface area contributed by atoms with Gasteiger partial charge in [-0.1, -0.05) is 0 Å². The fourth-order valence-electron chi connectivity index (χ4n) is 3.41. The van der Waals surface area contributed by atoms with Gasteiger partial charge < -0.3 is 15.0 Å². The zero-order valence-electron chi connectivity index (χ0n) is 14.7. The lowest BCUT2D eigenvalue weighted by Gasteiger charge is -2.31. The first-order valence-electron chi connectivity index (χ1n) is 8.55. The Morgan fingerprint density at radius 2 is 1.92 bits per heavy atom. The van der Waals surface area contributed by atoms with Crippen molar-refractivity contribution in [1.82, 2.24) is 9.47 Å². The van der Waals surface area contributed by atoms with Crippen molar-refractivity contribution in [2.24, 2.45) is 0 Å². The zero-order chi connectivity index (χ0) is 19.1. The van der Waals surface area contributed by atoms with Gasteiger partial charge in [0.1, 0.15) is 5.54 Å². The van der Waals surface area contributed by atoms with Crippen molar-refractivity contribution < 1.29 is 22.7 Å². The topological polar surface area (TPSA) is 63.6 Å². The van der Waals surface area contributed by atoms with Crippen LogP contribution in [-0.2, 0) is 10.3 Å². The molecule has 2 heterocycles. The Balaban J connectivity index is 1.97. The van der Waals surface area contributed by atoms with Crippen LogP contribution in [0.3, 0.4) is 0 Å². The monoisotopic (exact) mass is 373 g/mol. The molecule has 1 aromatic rings. The van der Waals surface area contributed by atoms with Crippen LogP contribution in [0.5, 0.6) is 0 Å². The third-order valence-corrected chi connectivity index (χ3v) is 5.25. The summed E-state index contributed by atoms with van der Waals surface area (Å²) in [6.45, 7) is 1.72. The molecule has 0 atom stereocenters. The number of ether oxygens (including phenoxy) is 1. The molecular formula is C17H22F3N3O3. The standard InChI is InChI=1S/C17H22F3N3O3/c1-22-7-3-11(4-8-22)21-13-9-14(24)23(10-12(13)15(25)26-2)16(5-6-16)17(18,19)20/h9-11,21H,3-8H2,1-2H3. The quantitative estimate of drug-likeness (QED) is 0.820. The van der Waals surface area contributed by atoms with E-state index < -0.39 is 23.2 Å². The van der Waals surface area contributed by atoms with Crippen molar-refractivity contribution in [3.63, 3.8) is 0 Å². The van der Waals surface area contributed by atoms with E-state index >= 15 is 0 Å². The molecule has 1 saturated carbocycles. The minimum atomic E-state index is -4.55. The minimum absolute atomic E-state index is 0.0438. The van der Waals surface area contributed by atoms with E-state index in [1.807, 2.05) is 7.05 Å². The molecule has 0 amide bonds. The molecule has 0 spiro atoms. The van der Waals surface area contributed by atoms with E-state index in [1.54, 1.807) is 0 Å². The second kappa shape index (κ2) is 6.61. The van der Waals surface area contributed by atoms with Crippen molar-refractivity contribution in [3.8, 4) is 0 Å². The number of halogens is 3. The third kappa shape index (κ3) is 3.32. The SMILES string of the molecule is COC(=O)c1cn(C2(C(F)(F)F)CC2)c(=O)cc1NC1CCN(C)CC1. The van der Waals surface area contributed by atoms with Crippen molar-refractivity contribution >= 4 is 11.7 Å². The first-order chi connectivity index (χ1) is 12.2. The highest BCUT2D eigenvalue weighted by Gasteiger charge is 2.65. The Morgan fingerprint density at radius 1 is 1.31 bits per heavy atom. The van der Waals surface area contributed by atoms with Crippen molar-refractivity contribution in [1.29, 1.82) is 0 Å². The highest BCUT2D eigenvalue weighted by molar-refractivity contribution is 5.95. The molecule has 0 unspecified atom stereocenters. The summed E-state index contributed by atoms with van der Waals surface area (Å²) < 4.78 is 45.5. The molecule has 0 aromatic carbocycles. The van der Waals surface area contributed by atoms with Crippen LogP contribution in [0.2, 0.25) is 0 Å². The fourth-order valence-corrected chi connectivity index (χ4v) is 3.41. The number of anilines is 1. The lowest BCUT2D eigenvalue weighted by molar-refractivity contribution is -0.180. The number of carbonyl (C=O) groups excluding carboxylic acids is 1. The normalized spacial score (nSPS) is 20.7. The van der Waals surface area contributed by atoms with Crippen LogP contribution < -0.4 is 10.9 Å². The Bertz CT molecular complexity index is 748. The summed E-state index contributed by atoms with van der Waals surface area (Å²) in [7, 11) is 3.16. The average molecular weight is 373 g/mol. The van der Waals surface area contributed by atoms with Gasteiger partial charge in [0.2, 0.25) is 0 Å². The molecule has 2 aliphatic rings. The van der Waals surface area contributed by atoms with Crippen LogP contribution in [0.4, 0.5) is 18.9 Å². The van der Waals surface area contributed by atoms with E-state index in [4.69, 9.17) is 4.74 Å². The van der Waals surface area contributed by atoms with Gasteiger partial charge in [-0.15, -0.1) is 0 Å². The van der Waals surface area contributed by atoms with Crippen molar-refractivity contribution in [2.45, 2.75) is 43.4 Å². The number of hydrogen-bond donors (Lipinski definition) is 1. The number of carbonyl (C=O) groups is 1. The first-order valence-corrected chi connectivity index (χ1v) is 8.55. The fraction of sp³-hybridized carbons (Fsp3) is 0.647. The van der Waals surface area contributed by atoms with E-state index in [1.165, 1.54) is 0 Å². The van der Waals surface area contributed by atoms with Gasteiger partial charge in [-0.3, -0.25) is 9.36 Å². The van der Waals surface area contributed by atoms with Crippen LogP contribution >= 0.6 is 0 Å². The maximum atomic E-state index is 13.4. The molecular weight excluding hydrogens is 351 g/mol. The maximum absolute atomic E-state index is 13.4. The van der Waals surface area contributed by atoms with E-state index in [0.29, 0.717) is 4.57 Å². The molecule has 144 valence electrons. The van der Waals surface area contributed by atoms with Gasteiger partial charge in [-0.05, 0) is 45.8 Å². The number of nitrogens with zero attached hydrogens (tertiary/aromatic N) is 2. The molecule has 0 bridgehead atoms. The van der Waals surface area contributed by atoms with Crippen LogP contribution in [0, 0.1) is 0 Å². The van der Waals surface area contributed by atoms with Crippen LogP contribution in [-0.4, -0.2) is 54.9 Å². The summed E-state index contributed by atoms with van der Waals surface area (Å²) in [4.78, 5) is 26.7. The number of piperidine rings is 1. The molecule has 3 rings (SSSR count). The van der Waals surface area contributed by atoms with Crippen LogP contribution in [0.25, 0.3) is 0 Å². The lowest BCUT2D eigenvalue weighted by Crippen LogP contribution is -2.42. The molecule has 26 heavy (non-hydrogen) atoms. The van der Waals surface area contributed by atoms with Gasteiger partial charge in [0.15, 0.2) is 0 Å². The largest absolute Gasteiger partial charge is 0.465 e. The Kier molecular flexibility index (Phi) is 4.76. The number of pyridine rings is 1. The van der Waals surface area contributed by atoms with E-state index in [0.717, 1.165) is 45.3 Å². The summed E-state index contributed by atoms with van der Waals surface area (Å²) in [5, 5.41) is 3.14. The number of hydrogen-bond acceptors (Lipinski definition) is 5. The molecule has 9 heteroatoms. The van der Waals surface area contributed by atoms with Crippen LogP contribution in [0.15, 0.2) is 17.1 Å². The summed E-state index contributed by atoms with van der Waals surface area (Å²) in [5.41, 5.74) is -2.81. The zero-order valence-corrected chi connectivity index (χ0v) is 14.7. The predicted molar refractivity (Wildman–Crippen MR) is 89.4 cm³/mol. The Labute approximate surface area is 148 Å². The Morgan fingerprint density at radius 3 is 2.42 bits per heavy atom. The van der Waals surface area contributed by atoms with Gasteiger partial charge in [-0.2, -0.15) is 13.2 Å². The highest BCUT2D eigenvalue weighted by atomic mass is 19.4. The average Bonchev–Trinajstić information content (AvgIpc) is 3.38. The predicted octanol–water partition coefficient (Wildman–Crippen LogP) is 2.19. The molecule has 6 nitrogen and oxygen atoms in total.